The summed E-state index contributed by atoms with van der Waals surface area (Å²) >= 11 is 0. The van der Waals surface area contributed by atoms with Gasteiger partial charge in [-0.15, -0.1) is 0 Å². The number of aromatic nitrogens is 1. The fraction of sp³-hybridized carbons (Fsp3) is 0.438. The van der Waals surface area contributed by atoms with E-state index < -0.39 is 0 Å². The lowest BCUT2D eigenvalue weighted by Gasteiger charge is -2.38. The van der Waals surface area contributed by atoms with E-state index in [1.54, 1.807) is 0 Å². The summed E-state index contributed by atoms with van der Waals surface area (Å²) < 4.78 is 6.37. The van der Waals surface area contributed by atoms with Gasteiger partial charge in [-0.2, -0.15) is 20.8 Å². The quantitative estimate of drug-likeness (QED) is 0.494. The fourth-order valence-electron chi connectivity index (χ4n) is 6.58. The molecule has 0 amide bonds. The molecule has 0 unspecified atom stereocenters. The summed E-state index contributed by atoms with van der Waals surface area (Å²) in [6, 6.07) is 19.4. The monoisotopic (exact) mass is 546 g/mol. The highest BCUT2D eigenvalue weighted by molar-refractivity contribution is 5.98. The van der Waals surface area contributed by atoms with Crippen LogP contribution < -0.4 is 19.9 Å². The third-order valence-electron chi connectivity index (χ3n) is 8.77. The van der Waals surface area contributed by atoms with E-state index in [2.05, 4.69) is 51.3 Å². The van der Waals surface area contributed by atoms with Crippen LogP contribution >= 0.6 is 0 Å². The lowest BCUT2D eigenvalue weighted by atomic mass is 9.94. The van der Waals surface area contributed by atoms with Crippen LogP contribution in [-0.2, 0) is 13.0 Å². The first-order valence-electron chi connectivity index (χ1n) is 14.4. The number of nitrogens with one attached hydrogen (secondary N) is 1. The number of piperazine rings is 1. The van der Waals surface area contributed by atoms with Crippen molar-refractivity contribution >= 4 is 22.3 Å². The summed E-state index contributed by atoms with van der Waals surface area (Å²) in [4.78, 5) is 11.9. The molecule has 9 heteroatoms. The number of fused-ring (bicyclic) bond motifs is 2. The number of rotatable bonds is 6. The molecule has 0 aliphatic carbocycles. The Labute approximate surface area is 241 Å². The molecule has 0 bridgehead atoms. The van der Waals surface area contributed by atoms with E-state index in [1.807, 2.05) is 30.3 Å². The molecule has 0 radical (unpaired) electrons. The Kier molecular flexibility index (Phi) is 7.61. The summed E-state index contributed by atoms with van der Waals surface area (Å²) in [6.45, 7) is 5.04. The second-order valence-electron chi connectivity index (χ2n) is 11.2. The van der Waals surface area contributed by atoms with Crippen LogP contribution in [0, 0.1) is 34.0 Å². The number of likely N-dealkylation sites (N-methyl/N-ethyl adjacent to an activating group) is 1. The number of hydrogen-bond donors (Lipinski definition) is 1. The van der Waals surface area contributed by atoms with Crippen molar-refractivity contribution in [3.63, 3.8) is 0 Å². The second-order valence-corrected chi connectivity index (χ2v) is 11.2. The summed E-state index contributed by atoms with van der Waals surface area (Å²) in [5.74, 6) is 1.27. The van der Waals surface area contributed by atoms with Gasteiger partial charge >= 0.3 is 0 Å². The zero-order valence-electron chi connectivity index (χ0n) is 23.4. The number of pyridine rings is 1. The first kappa shape index (κ1) is 26.8. The van der Waals surface area contributed by atoms with Gasteiger partial charge in [0.05, 0.1) is 24.1 Å². The van der Waals surface area contributed by atoms with Crippen molar-refractivity contribution in [2.24, 2.45) is 0 Å². The molecule has 2 fully saturated rings. The minimum Gasteiger partial charge on any atom is -0.475 e. The van der Waals surface area contributed by atoms with Gasteiger partial charge in [0, 0.05) is 67.0 Å². The van der Waals surface area contributed by atoms with Crippen molar-refractivity contribution in [2.75, 3.05) is 56.2 Å². The Balaban J connectivity index is 1.42. The Morgan fingerprint density at radius 2 is 1.88 bits per heavy atom. The molecule has 2 aromatic carbocycles. The summed E-state index contributed by atoms with van der Waals surface area (Å²) in [5.41, 5.74) is 4.17. The normalized spacial score (nSPS) is 20.7. The minimum absolute atomic E-state index is 0.0681. The standard InChI is InChI=1S/C32H34N8O/c1-38-14-4-8-25(38)21-41-32-27(18-35)28-20-39(29-9-3-6-22-5-2-7-23(17-34)30(22)29)15-11-26(28)31(37-32)40-16-13-36-24(19-40)10-12-33/h2-3,5-7,9,24-25,36H,4,8,10-11,13-16,19-21H2,1H3/t24-,25+/m1/s1. The van der Waals surface area contributed by atoms with Crippen molar-refractivity contribution in [2.45, 2.75) is 44.3 Å². The number of hydrogen-bond acceptors (Lipinski definition) is 9. The molecule has 3 aliphatic rings. The number of ether oxygens (including phenoxy) is 1. The molecule has 3 aromatic rings. The Morgan fingerprint density at radius 1 is 1.02 bits per heavy atom. The number of benzene rings is 2. The fourth-order valence-corrected chi connectivity index (χ4v) is 6.58. The zero-order chi connectivity index (χ0) is 28.3. The van der Waals surface area contributed by atoms with Crippen LogP contribution in [0.25, 0.3) is 10.8 Å². The molecular formula is C32H34N8O. The molecule has 1 N–H and O–H groups in total. The van der Waals surface area contributed by atoms with Gasteiger partial charge in [0.1, 0.15) is 24.1 Å². The largest absolute Gasteiger partial charge is 0.475 e. The maximum atomic E-state index is 10.4. The van der Waals surface area contributed by atoms with E-state index in [1.165, 1.54) is 0 Å². The van der Waals surface area contributed by atoms with Crippen LogP contribution in [0.2, 0.25) is 0 Å². The van der Waals surface area contributed by atoms with Gasteiger partial charge in [-0.25, -0.2) is 0 Å². The first-order chi connectivity index (χ1) is 20.1. The third-order valence-corrected chi connectivity index (χ3v) is 8.77. The zero-order valence-corrected chi connectivity index (χ0v) is 23.4. The maximum absolute atomic E-state index is 10.4. The van der Waals surface area contributed by atoms with Crippen LogP contribution in [0.15, 0.2) is 36.4 Å². The first-order valence-corrected chi connectivity index (χ1v) is 14.4. The van der Waals surface area contributed by atoms with Gasteiger partial charge in [0.2, 0.25) is 5.88 Å². The van der Waals surface area contributed by atoms with E-state index in [-0.39, 0.29) is 6.04 Å². The van der Waals surface area contributed by atoms with Crippen molar-refractivity contribution < 1.29 is 4.74 Å². The lowest BCUT2D eigenvalue weighted by molar-refractivity contribution is 0.192. The molecule has 41 heavy (non-hydrogen) atoms. The highest BCUT2D eigenvalue weighted by Crippen LogP contribution is 2.39. The van der Waals surface area contributed by atoms with Crippen LogP contribution in [0.4, 0.5) is 11.5 Å². The molecular weight excluding hydrogens is 512 g/mol. The molecule has 0 spiro atoms. The molecule has 2 saturated heterocycles. The van der Waals surface area contributed by atoms with Crippen LogP contribution in [0.1, 0.15) is 41.5 Å². The molecule has 3 aliphatic heterocycles. The average molecular weight is 547 g/mol. The van der Waals surface area contributed by atoms with Crippen molar-refractivity contribution in [3.05, 3.63) is 58.7 Å². The summed E-state index contributed by atoms with van der Waals surface area (Å²) in [5, 5.41) is 35.0. The van der Waals surface area contributed by atoms with Crippen molar-refractivity contribution in [1.82, 2.24) is 15.2 Å². The van der Waals surface area contributed by atoms with Crippen LogP contribution in [-0.4, -0.2) is 68.3 Å². The Hall–Kier alpha value is -4.36. The predicted octanol–water partition coefficient (Wildman–Crippen LogP) is 3.71. The molecule has 208 valence electrons. The lowest BCUT2D eigenvalue weighted by Crippen LogP contribution is -2.51. The molecule has 6 rings (SSSR count). The Bertz CT molecular complexity index is 1580. The Morgan fingerprint density at radius 3 is 2.63 bits per heavy atom. The molecule has 4 heterocycles. The summed E-state index contributed by atoms with van der Waals surface area (Å²) in [6.07, 6.45) is 3.36. The molecule has 0 saturated carbocycles. The van der Waals surface area contributed by atoms with Crippen molar-refractivity contribution in [1.29, 1.82) is 15.8 Å². The van der Waals surface area contributed by atoms with Gasteiger partial charge in [0.25, 0.3) is 0 Å². The number of nitriles is 3. The van der Waals surface area contributed by atoms with Crippen LogP contribution in [0.5, 0.6) is 5.88 Å². The van der Waals surface area contributed by atoms with Gasteiger partial charge in [-0.05, 0) is 50.4 Å². The molecule has 1 aromatic heterocycles. The van der Waals surface area contributed by atoms with Gasteiger partial charge in [-0.1, -0.05) is 24.3 Å². The van der Waals surface area contributed by atoms with Crippen molar-refractivity contribution in [3.8, 4) is 24.1 Å². The maximum Gasteiger partial charge on any atom is 0.234 e. The summed E-state index contributed by atoms with van der Waals surface area (Å²) in [7, 11) is 2.12. The van der Waals surface area contributed by atoms with E-state index in [9.17, 15) is 15.8 Å². The molecule has 9 nitrogen and oxygen atoms in total. The van der Waals surface area contributed by atoms with Gasteiger partial charge in [-0.3, -0.25) is 0 Å². The second kappa shape index (κ2) is 11.6. The van der Waals surface area contributed by atoms with E-state index in [0.29, 0.717) is 49.2 Å². The highest BCUT2D eigenvalue weighted by Gasteiger charge is 2.32. The van der Waals surface area contributed by atoms with Gasteiger partial charge < -0.3 is 24.8 Å². The SMILES string of the molecule is CN1CCC[C@H]1COc1nc(N2CCN[C@H](CC#N)C2)c2c(c1C#N)CN(c1cccc3cccc(C#N)c13)CC2. The topological polar surface area (TPSA) is 115 Å². The smallest absolute Gasteiger partial charge is 0.234 e. The van der Waals surface area contributed by atoms with Crippen LogP contribution in [0.3, 0.4) is 0 Å². The van der Waals surface area contributed by atoms with E-state index in [4.69, 9.17) is 9.72 Å². The van der Waals surface area contributed by atoms with E-state index >= 15 is 0 Å². The van der Waals surface area contributed by atoms with E-state index in [0.717, 1.165) is 78.8 Å². The highest BCUT2D eigenvalue weighted by atomic mass is 16.5. The number of likely N-dealkylation sites (tertiary alicyclic amines) is 1. The average Bonchev–Trinajstić information content (AvgIpc) is 3.43. The minimum atomic E-state index is 0.0681. The third kappa shape index (κ3) is 5.13. The molecule has 2 atom stereocenters. The number of nitrogens with zero attached hydrogens (tertiary/aromatic N) is 7. The number of anilines is 2. The van der Waals surface area contributed by atoms with Gasteiger partial charge in [0.15, 0.2) is 0 Å². The predicted molar refractivity (Wildman–Crippen MR) is 158 cm³/mol.